The second kappa shape index (κ2) is 8.79. The molecule has 1 unspecified atom stereocenters. The van der Waals surface area contributed by atoms with E-state index in [-0.39, 0.29) is 18.1 Å². The summed E-state index contributed by atoms with van der Waals surface area (Å²) < 4.78 is 51.9. The van der Waals surface area contributed by atoms with Crippen molar-refractivity contribution in [3.63, 3.8) is 0 Å². The molecule has 1 aliphatic heterocycles. The van der Waals surface area contributed by atoms with Crippen molar-refractivity contribution in [1.29, 1.82) is 0 Å². The van der Waals surface area contributed by atoms with Gasteiger partial charge in [-0.25, -0.2) is 12.8 Å². The number of hydrogen-bond donors (Lipinski definition) is 1. The second-order valence-electron chi connectivity index (χ2n) is 8.48. The fourth-order valence-electron chi connectivity index (χ4n) is 4.36. The lowest BCUT2D eigenvalue weighted by Crippen LogP contribution is -2.29. The molecular weight excluding hydrogens is 447 g/mol. The van der Waals surface area contributed by atoms with E-state index in [2.05, 4.69) is 5.32 Å². The molecule has 2 aromatic carbocycles. The van der Waals surface area contributed by atoms with Crippen LogP contribution in [0.5, 0.6) is 5.75 Å². The van der Waals surface area contributed by atoms with Crippen molar-refractivity contribution < 1.29 is 26.8 Å². The molecule has 0 bridgehead atoms. The predicted octanol–water partition coefficient (Wildman–Crippen LogP) is 4.48. The van der Waals surface area contributed by atoms with Gasteiger partial charge in [-0.15, -0.1) is 0 Å². The van der Waals surface area contributed by atoms with Crippen molar-refractivity contribution in [2.45, 2.75) is 38.8 Å². The van der Waals surface area contributed by atoms with E-state index >= 15 is 0 Å². The Kier molecular flexibility index (Phi) is 6.20. The molecule has 0 saturated carbocycles. The van der Waals surface area contributed by atoms with Gasteiger partial charge in [0.2, 0.25) is 10.0 Å². The molecule has 176 valence electrons. The number of carbonyl (C=O) groups excluding carboxylic acids is 1. The lowest BCUT2D eigenvalue weighted by molar-refractivity contribution is 0.0964. The third-order valence-electron chi connectivity index (χ3n) is 5.73. The molecule has 9 heteroatoms. The Morgan fingerprint density at radius 2 is 1.94 bits per heavy atom. The molecule has 33 heavy (non-hydrogen) atoms. The van der Waals surface area contributed by atoms with Gasteiger partial charge < -0.3 is 14.5 Å². The van der Waals surface area contributed by atoms with Crippen molar-refractivity contribution in [1.82, 2.24) is 9.62 Å². The minimum Gasteiger partial charge on any atom is -0.491 e. The Labute approximate surface area is 192 Å². The zero-order chi connectivity index (χ0) is 23.9. The molecule has 1 atom stereocenters. The molecule has 4 rings (SSSR count). The highest BCUT2D eigenvalue weighted by Crippen LogP contribution is 2.43. The van der Waals surface area contributed by atoms with Crippen LogP contribution in [0.1, 0.15) is 48.7 Å². The quantitative estimate of drug-likeness (QED) is 0.569. The van der Waals surface area contributed by atoms with Crippen LogP contribution in [-0.2, 0) is 10.0 Å². The summed E-state index contributed by atoms with van der Waals surface area (Å²) in [5, 5.41) is 3.18. The lowest BCUT2D eigenvalue weighted by atomic mass is 9.99. The van der Waals surface area contributed by atoms with Crippen LogP contribution in [0.4, 0.5) is 4.39 Å². The Morgan fingerprint density at radius 1 is 1.24 bits per heavy atom. The fraction of sp³-hybridized carbons (Fsp3) is 0.375. The monoisotopic (exact) mass is 474 g/mol. The molecule has 1 fully saturated rings. The number of furan rings is 1. The molecule has 1 aliphatic rings. The van der Waals surface area contributed by atoms with Gasteiger partial charge >= 0.3 is 0 Å². The maximum absolute atomic E-state index is 13.5. The third kappa shape index (κ3) is 4.47. The smallest absolute Gasteiger partial charge is 0.255 e. The number of halogens is 1. The van der Waals surface area contributed by atoms with Crippen LogP contribution in [0.15, 0.2) is 40.8 Å². The molecule has 3 aromatic rings. The zero-order valence-corrected chi connectivity index (χ0v) is 19.8. The molecule has 7 nitrogen and oxygen atoms in total. The summed E-state index contributed by atoms with van der Waals surface area (Å²) in [6.07, 6.45) is 2.43. The van der Waals surface area contributed by atoms with Crippen LogP contribution in [0.25, 0.3) is 22.3 Å². The lowest BCUT2D eigenvalue weighted by Gasteiger charge is -2.25. The van der Waals surface area contributed by atoms with Crippen LogP contribution in [0, 0.1) is 5.82 Å². The first kappa shape index (κ1) is 23.3. The molecule has 1 aromatic heterocycles. The van der Waals surface area contributed by atoms with E-state index in [1.54, 1.807) is 24.3 Å². The van der Waals surface area contributed by atoms with Gasteiger partial charge in [0.05, 0.1) is 24.0 Å². The summed E-state index contributed by atoms with van der Waals surface area (Å²) in [6, 6.07) is 8.82. The summed E-state index contributed by atoms with van der Waals surface area (Å²) in [6.45, 7) is 4.21. The van der Waals surface area contributed by atoms with Crippen molar-refractivity contribution in [2.75, 3.05) is 19.8 Å². The molecule has 0 aliphatic carbocycles. The first-order valence-electron chi connectivity index (χ1n) is 10.8. The molecular formula is C24H27FN2O5S. The number of hydrogen-bond acceptors (Lipinski definition) is 5. The minimum absolute atomic E-state index is 0.166. The number of amides is 1. The van der Waals surface area contributed by atoms with Gasteiger partial charge in [-0.3, -0.25) is 4.79 Å². The Hall–Kier alpha value is -2.91. The van der Waals surface area contributed by atoms with Crippen molar-refractivity contribution in [2.24, 2.45) is 0 Å². The van der Waals surface area contributed by atoms with Gasteiger partial charge in [-0.2, -0.15) is 4.31 Å². The van der Waals surface area contributed by atoms with E-state index in [9.17, 15) is 17.6 Å². The topological polar surface area (TPSA) is 88.9 Å². The van der Waals surface area contributed by atoms with Crippen LogP contribution in [0.3, 0.4) is 0 Å². The fourth-order valence-corrected chi connectivity index (χ4v) is 5.50. The molecule has 0 spiro atoms. The Balaban J connectivity index is 1.97. The number of nitrogens with zero attached hydrogens (tertiary/aromatic N) is 1. The van der Waals surface area contributed by atoms with Gasteiger partial charge in [0.1, 0.15) is 22.9 Å². The highest BCUT2D eigenvalue weighted by atomic mass is 32.2. The number of nitrogens with one attached hydrogen (secondary N) is 1. The molecule has 1 saturated heterocycles. The standard InChI is InChI=1S/C24H27FN2O5S/c1-14(2)31-20-13-18-21(12-17(20)19-6-5-11-27(19)33(4,29)30)32-23(22(18)24(28)26-3)15-7-9-16(25)10-8-15/h7-10,12-14,19H,5-6,11H2,1-4H3,(H,26,28). The number of carbonyl (C=O) groups is 1. The predicted molar refractivity (Wildman–Crippen MR) is 124 cm³/mol. The number of ether oxygens (including phenoxy) is 1. The summed E-state index contributed by atoms with van der Waals surface area (Å²) >= 11 is 0. The van der Waals surface area contributed by atoms with E-state index in [0.29, 0.717) is 52.1 Å². The summed E-state index contributed by atoms with van der Waals surface area (Å²) in [4.78, 5) is 12.8. The van der Waals surface area contributed by atoms with Gasteiger partial charge in [-0.05, 0) is 63.1 Å². The SMILES string of the molecule is CNC(=O)c1c(-c2ccc(F)cc2)oc2cc(C3CCCN3S(C)(=O)=O)c(OC(C)C)cc12. The van der Waals surface area contributed by atoms with Crippen LogP contribution in [-0.4, -0.2) is 44.6 Å². The van der Waals surface area contributed by atoms with Crippen molar-refractivity contribution in [3.05, 3.63) is 53.3 Å². The second-order valence-corrected chi connectivity index (χ2v) is 10.4. The van der Waals surface area contributed by atoms with Gasteiger partial charge in [0.15, 0.2) is 0 Å². The maximum Gasteiger partial charge on any atom is 0.255 e. The zero-order valence-electron chi connectivity index (χ0n) is 19.0. The van der Waals surface area contributed by atoms with Crippen LogP contribution >= 0.6 is 0 Å². The molecule has 1 amide bonds. The van der Waals surface area contributed by atoms with E-state index in [1.165, 1.54) is 29.7 Å². The van der Waals surface area contributed by atoms with E-state index in [1.807, 2.05) is 13.8 Å². The number of benzene rings is 2. The molecule has 2 heterocycles. The number of rotatable bonds is 6. The Bertz CT molecular complexity index is 1300. The highest BCUT2D eigenvalue weighted by Gasteiger charge is 2.35. The van der Waals surface area contributed by atoms with E-state index in [0.717, 1.165) is 6.42 Å². The van der Waals surface area contributed by atoms with E-state index in [4.69, 9.17) is 9.15 Å². The summed E-state index contributed by atoms with van der Waals surface area (Å²) in [5.41, 5.74) is 1.99. The normalized spacial score (nSPS) is 17.1. The van der Waals surface area contributed by atoms with Crippen molar-refractivity contribution >= 4 is 26.9 Å². The largest absolute Gasteiger partial charge is 0.491 e. The summed E-state index contributed by atoms with van der Waals surface area (Å²) in [5.74, 6) is 0.0707. The van der Waals surface area contributed by atoms with Gasteiger partial charge in [0, 0.05) is 30.1 Å². The van der Waals surface area contributed by atoms with Gasteiger partial charge in [-0.1, -0.05) is 0 Å². The third-order valence-corrected chi connectivity index (χ3v) is 7.02. The first-order chi connectivity index (χ1) is 15.6. The number of sulfonamides is 1. The molecule has 0 radical (unpaired) electrons. The first-order valence-corrected chi connectivity index (χ1v) is 12.7. The molecule has 1 N–H and O–H groups in total. The summed E-state index contributed by atoms with van der Waals surface area (Å²) in [7, 11) is -1.89. The van der Waals surface area contributed by atoms with Crippen molar-refractivity contribution in [3.8, 4) is 17.1 Å². The average molecular weight is 475 g/mol. The maximum atomic E-state index is 13.5. The Morgan fingerprint density at radius 3 is 2.55 bits per heavy atom. The minimum atomic E-state index is -3.42. The van der Waals surface area contributed by atoms with Gasteiger partial charge in [0.25, 0.3) is 5.91 Å². The number of fused-ring (bicyclic) bond motifs is 1. The van der Waals surface area contributed by atoms with E-state index < -0.39 is 15.8 Å². The van der Waals surface area contributed by atoms with Crippen LogP contribution < -0.4 is 10.1 Å². The average Bonchev–Trinajstić information content (AvgIpc) is 3.37. The van der Waals surface area contributed by atoms with Crippen LogP contribution in [0.2, 0.25) is 0 Å². The highest BCUT2D eigenvalue weighted by molar-refractivity contribution is 7.88.